The summed E-state index contributed by atoms with van der Waals surface area (Å²) >= 11 is 0. The van der Waals surface area contributed by atoms with E-state index < -0.39 is 0 Å². The van der Waals surface area contributed by atoms with Crippen molar-refractivity contribution in [1.82, 2.24) is 9.80 Å². The van der Waals surface area contributed by atoms with Gasteiger partial charge in [-0.2, -0.15) is 0 Å². The van der Waals surface area contributed by atoms with Gasteiger partial charge in [0.05, 0.1) is 0 Å². The minimum absolute atomic E-state index is 0.118. The Hall–Kier alpha value is -0.770. The fraction of sp³-hybridized carbons (Fsp3) is 0.900. The van der Waals surface area contributed by atoms with Crippen LogP contribution in [0.2, 0.25) is 0 Å². The smallest absolute Gasteiger partial charge is 0.320 e. The molecule has 1 unspecified atom stereocenters. The zero-order valence-corrected chi connectivity index (χ0v) is 9.36. The molecule has 4 heteroatoms. The average Bonchev–Trinajstić information content (AvgIpc) is 2.62. The van der Waals surface area contributed by atoms with Crippen LogP contribution in [-0.2, 0) is 0 Å². The highest BCUT2D eigenvalue weighted by atomic mass is 16.2. The quantitative estimate of drug-likeness (QED) is 0.717. The summed E-state index contributed by atoms with van der Waals surface area (Å²) in [5.74, 6) is 0. The highest BCUT2D eigenvalue weighted by Gasteiger charge is 2.30. The van der Waals surface area contributed by atoms with E-state index >= 15 is 0 Å². The molecule has 0 radical (unpaired) electrons. The third-order valence-corrected chi connectivity index (χ3v) is 2.97. The average molecular weight is 199 g/mol. The summed E-state index contributed by atoms with van der Waals surface area (Å²) in [5.41, 5.74) is 5.63. The van der Waals surface area contributed by atoms with Crippen molar-refractivity contribution < 1.29 is 4.79 Å². The van der Waals surface area contributed by atoms with Crippen LogP contribution in [0.3, 0.4) is 0 Å². The molecule has 1 aliphatic heterocycles. The fourth-order valence-electron chi connectivity index (χ4n) is 1.76. The van der Waals surface area contributed by atoms with E-state index in [1.54, 1.807) is 4.90 Å². The molecule has 14 heavy (non-hydrogen) atoms. The number of hydrogen-bond donors (Lipinski definition) is 1. The van der Waals surface area contributed by atoms with Gasteiger partial charge in [-0.05, 0) is 26.7 Å². The molecule has 1 heterocycles. The number of amides is 2. The first-order chi connectivity index (χ1) is 6.57. The second kappa shape index (κ2) is 4.64. The van der Waals surface area contributed by atoms with E-state index in [0.717, 1.165) is 19.4 Å². The Balaban J connectivity index is 2.59. The second-order valence-electron chi connectivity index (χ2n) is 4.21. The Bertz CT molecular complexity index is 206. The van der Waals surface area contributed by atoms with Crippen molar-refractivity contribution in [3.63, 3.8) is 0 Å². The Labute approximate surface area is 86.0 Å². The SMILES string of the molecule is CC(C)N(C)C(=O)N1CCCC1CN. The number of hydrogen-bond acceptors (Lipinski definition) is 2. The zero-order valence-electron chi connectivity index (χ0n) is 9.36. The highest BCUT2D eigenvalue weighted by molar-refractivity contribution is 5.75. The molecule has 0 bridgehead atoms. The van der Waals surface area contributed by atoms with Crippen molar-refractivity contribution in [3.05, 3.63) is 0 Å². The highest BCUT2D eigenvalue weighted by Crippen LogP contribution is 2.18. The monoisotopic (exact) mass is 199 g/mol. The van der Waals surface area contributed by atoms with Crippen LogP contribution in [0.1, 0.15) is 26.7 Å². The molecule has 0 aromatic rings. The van der Waals surface area contributed by atoms with Gasteiger partial charge in [0.2, 0.25) is 0 Å². The van der Waals surface area contributed by atoms with Crippen LogP contribution < -0.4 is 5.73 Å². The largest absolute Gasteiger partial charge is 0.328 e. The predicted molar refractivity (Wildman–Crippen MR) is 57.1 cm³/mol. The van der Waals surface area contributed by atoms with Crippen LogP contribution in [0.5, 0.6) is 0 Å². The van der Waals surface area contributed by atoms with Crippen molar-refractivity contribution in [2.45, 2.75) is 38.8 Å². The van der Waals surface area contributed by atoms with Crippen LogP contribution in [-0.4, -0.2) is 48.1 Å². The van der Waals surface area contributed by atoms with E-state index in [0.29, 0.717) is 6.54 Å². The number of carbonyl (C=O) groups is 1. The summed E-state index contributed by atoms with van der Waals surface area (Å²) in [7, 11) is 1.85. The molecule has 1 saturated heterocycles. The van der Waals surface area contributed by atoms with Crippen LogP contribution >= 0.6 is 0 Å². The van der Waals surface area contributed by atoms with E-state index in [1.165, 1.54) is 0 Å². The molecule has 1 fully saturated rings. The molecule has 0 spiro atoms. The molecule has 0 aromatic carbocycles. The van der Waals surface area contributed by atoms with Crippen molar-refractivity contribution in [1.29, 1.82) is 0 Å². The molecule has 1 rings (SSSR count). The number of urea groups is 1. The number of nitrogens with two attached hydrogens (primary N) is 1. The second-order valence-corrected chi connectivity index (χ2v) is 4.21. The summed E-state index contributed by atoms with van der Waals surface area (Å²) in [6.07, 6.45) is 2.13. The molecule has 2 N–H and O–H groups in total. The van der Waals surface area contributed by atoms with Gasteiger partial charge in [0, 0.05) is 32.2 Å². The maximum atomic E-state index is 12.0. The van der Waals surface area contributed by atoms with Gasteiger partial charge in [-0.3, -0.25) is 0 Å². The lowest BCUT2D eigenvalue weighted by Crippen LogP contribution is -2.48. The van der Waals surface area contributed by atoms with E-state index in [2.05, 4.69) is 0 Å². The first kappa shape index (κ1) is 11.3. The van der Waals surface area contributed by atoms with Gasteiger partial charge >= 0.3 is 6.03 Å². The summed E-state index contributed by atoms with van der Waals surface area (Å²) in [6.45, 7) is 5.48. The first-order valence-corrected chi connectivity index (χ1v) is 5.31. The molecule has 4 nitrogen and oxygen atoms in total. The molecule has 82 valence electrons. The van der Waals surface area contributed by atoms with Gasteiger partial charge in [0.25, 0.3) is 0 Å². The van der Waals surface area contributed by atoms with Crippen molar-refractivity contribution in [3.8, 4) is 0 Å². The van der Waals surface area contributed by atoms with Crippen LogP contribution in [0.25, 0.3) is 0 Å². The van der Waals surface area contributed by atoms with E-state index in [4.69, 9.17) is 5.73 Å². The van der Waals surface area contributed by atoms with Gasteiger partial charge in [-0.15, -0.1) is 0 Å². The fourth-order valence-corrected chi connectivity index (χ4v) is 1.76. The molecule has 2 amide bonds. The van der Waals surface area contributed by atoms with E-state index in [-0.39, 0.29) is 18.1 Å². The number of nitrogens with zero attached hydrogens (tertiary/aromatic N) is 2. The Morgan fingerprint density at radius 1 is 1.64 bits per heavy atom. The van der Waals surface area contributed by atoms with Gasteiger partial charge in [-0.1, -0.05) is 0 Å². The minimum Gasteiger partial charge on any atom is -0.328 e. The Morgan fingerprint density at radius 2 is 2.29 bits per heavy atom. The minimum atomic E-state index is 0.118. The summed E-state index contributed by atoms with van der Waals surface area (Å²) in [4.78, 5) is 15.6. The molecule has 0 saturated carbocycles. The van der Waals surface area contributed by atoms with Gasteiger partial charge in [0.15, 0.2) is 0 Å². The topological polar surface area (TPSA) is 49.6 Å². The number of rotatable bonds is 2. The van der Waals surface area contributed by atoms with Gasteiger partial charge in [0.1, 0.15) is 0 Å². The first-order valence-electron chi connectivity index (χ1n) is 5.31. The predicted octanol–water partition coefficient (Wildman–Crippen LogP) is 0.870. The Kier molecular flexibility index (Phi) is 3.75. The summed E-state index contributed by atoms with van der Waals surface area (Å²) < 4.78 is 0. The summed E-state index contributed by atoms with van der Waals surface area (Å²) in [6, 6.07) is 0.623. The third-order valence-electron chi connectivity index (χ3n) is 2.97. The molecule has 0 aliphatic carbocycles. The van der Waals surface area contributed by atoms with E-state index in [1.807, 2.05) is 25.8 Å². The number of likely N-dealkylation sites (tertiary alicyclic amines) is 1. The van der Waals surface area contributed by atoms with Crippen molar-refractivity contribution in [2.75, 3.05) is 20.1 Å². The maximum Gasteiger partial charge on any atom is 0.320 e. The molecular weight excluding hydrogens is 178 g/mol. The molecule has 1 atom stereocenters. The lowest BCUT2D eigenvalue weighted by molar-refractivity contribution is 0.149. The van der Waals surface area contributed by atoms with Crippen LogP contribution in [0.15, 0.2) is 0 Å². The van der Waals surface area contributed by atoms with Crippen molar-refractivity contribution in [2.24, 2.45) is 5.73 Å². The van der Waals surface area contributed by atoms with Gasteiger partial charge in [-0.25, -0.2) is 4.79 Å². The van der Waals surface area contributed by atoms with Crippen LogP contribution in [0.4, 0.5) is 4.79 Å². The summed E-state index contributed by atoms with van der Waals surface area (Å²) in [5, 5.41) is 0. The molecule has 0 aromatic heterocycles. The number of carbonyl (C=O) groups excluding carboxylic acids is 1. The van der Waals surface area contributed by atoms with Crippen molar-refractivity contribution >= 4 is 6.03 Å². The standard InChI is InChI=1S/C10H21N3O/c1-8(2)12(3)10(14)13-6-4-5-9(13)7-11/h8-9H,4-7,11H2,1-3H3. The molecule has 1 aliphatic rings. The zero-order chi connectivity index (χ0) is 10.7. The third kappa shape index (κ3) is 2.18. The lowest BCUT2D eigenvalue weighted by Gasteiger charge is -2.31. The molecular formula is C10H21N3O. The normalized spacial score (nSPS) is 21.8. The van der Waals surface area contributed by atoms with E-state index in [9.17, 15) is 4.79 Å². The van der Waals surface area contributed by atoms with Gasteiger partial charge < -0.3 is 15.5 Å². The lowest BCUT2D eigenvalue weighted by atomic mass is 10.2. The van der Waals surface area contributed by atoms with Crippen LogP contribution in [0, 0.1) is 0 Å². The maximum absolute atomic E-state index is 12.0. The Morgan fingerprint density at radius 3 is 2.79 bits per heavy atom.